The van der Waals surface area contributed by atoms with Crippen LogP contribution in [0.2, 0.25) is 0 Å². The predicted octanol–water partition coefficient (Wildman–Crippen LogP) is 2.13. The summed E-state index contributed by atoms with van der Waals surface area (Å²) >= 11 is 0. The maximum Gasteiger partial charge on any atom is 0.324 e. The topological polar surface area (TPSA) is 49.8 Å². The number of likely N-dealkylation sites (tertiary alicyclic amines) is 1. The summed E-state index contributed by atoms with van der Waals surface area (Å²) in [6.45, 7) is 8.26. The Balaban J connectivity index is 2.77. The number of nitrogens with zero attached hydrogens (tertiary/aromatic N) is 1. The third-order valence-electron chi connectivity index (χ3n) is 3.70. The number of carboxylic acid groups (broad SMARTS) is 1. The van der Waals surface area contributed by atoms with Crippen LogP contribution in [0.4, 0.5) is 0 Å². The summed E-state index contributed by atoms with van der Waals surface area (Å²) in [4.78, 5) is 13.8. The van der Waals surface area contributed by atoms with Crippen LogP contribution in [0.15, 0.2) is 0 Å². The summed E-state index contributed by atoms with van der Waals surface area (Å²) in [7, 11) is 0. The second-order valence-electron chi connectivity index (χ2n) is 4.89. The molecule has 0 radical (unpaired) electrons. The molecule has 1 saturated heterocycles. The highest BCUT2D eigenvalue weighted by Crippen LogP contribution is 2.35. The first-order valence-corrected chi connectivity index (χ1v) is 6.66. The Hall–Kier alpha value is -0.610. The molecule has 1 N–H and O–H groups in total. The predicted molar refractivity (Wildman–Crippen MR) is 67.2 cm³/mol. The maximum absolute atomic E-state index is 11.6. The molecule has 4 nitrogen and oxygen atoms in total. The lowest BCUT2D eigenvalue weighted by atomic mass is 9.90. The van der Waals surface area contributed by atoms with Crippen molar-refractivity contribution in [1.82, 2.24) is 4.90 Å². The Bertz CT molecular complexity index is 257. The monoisotopic (exact) mass is 243 g/mol. The van der Waals surface area contributed by atoms with Crippen LogP contribution in [-0.4, -0.2) is 47.3 Å². The molecule has 4 heteroatoms. The van der Waals surface area contributed by atoms with Gasteiger partial charge in [-0.25, -0.2) is 0 Å². The number of carbonyl (C=O) groups is 1. The highest BCUT2D eigenvalue weighted by Gasteiger charge is 2.48. The van der Waals surface area contributed by atoms with Gasteiger partial charge in [0.15, 0.2) is 0 Å². The Labute approximate surface area is 104 Å². The molecule has 0 saturated carbocycles. The van der Waals surface area contributed by atoms with E-state index >= 15 is 0 Å². The first kappa shape index (κ1) is 14.5. The summed E-state index contributed by atoms with van der Waals surface area (Å²) in [5.41, 5.74) is -0.648. The molecule has 0 aromatic carbocycles. The summed E-state index contributed by atoms with van der Waals surface area (Å²) in [6, 6.07) is 0.181. The van der Waals surface area contributed by atoms with Gasteiger partial charge in [-0.3, -0.25) is 9.69 Å². The molecule has 100 valence electrons. The van der Waals surface area contributed by atoms with Crippen LogP contribution in [0, 0.1) is 0 Å². The molecule has 1 aliphatic heterocycles. The van der Waals surface area contributed by atoms with Gasteiger partial charge >= 0.3 is 5.97 Å². The van der Waals surface area contributed by atoms with E-state index in [0.717, 1.165) is 32.2 Å². The second kappa shape index (κ2) is 6.36. The quantitative estimate of drug-likeness (QED) is 0.744. The van der Waals surface area contributed by atoms with Gasteiger partial charge in [0.1, 0.15) is 5.54 Å². The van der Waals surface area contributed by atoms with Crippen molar-refractivity contribution in [3.05, 3.63) is 0 Å². The molecule has 0 aromatic heterocycles. The van der Waals surface area contributed by atoms with Crippen LogP contribution >= 0.6 is 0 Å². The van der Waals surface area contributed by atoms with Gasteiger partial charge in [-0.1, -0.05) is 13.3 Å². The third-order valence-corrected chi connectivity index (χ3v) is 3.70. The molecule has 2 unspecified atom stereocenters. The standard InChI is InChI=1S/C13H25NO3/c1-4-7-13(12(15)16)8-6-9-14(13)11(3)10-17-5-2/h11H,4-10H2,1-3H3,(H,15,16). The molecule has 0 aliphatic carbocycles. The van der Waals surface area contributed by atoms with E-state index in [9.17, 15) is 9.90 Å². The number of hydrogen-bond donors (Lipinski definition) is 1. The average molecular weight is 243 g/mol. The lowest BCUT2D eigenvalue weighted by molar-refractivity contribution is -0.152. The van der Waals surface area contributed by atoms with E-state index in [0.29, 0.717) is 13.2 Å². The number of rotatable bonds is 7. The zero-order chi connectivity index (χ0) is 12.9. The fraction of sp³-hybridized carbons (Fsp3) is 0.923. The van der Waals surface area contributed by atoms with Gasteiger partial charge in [-0.15, -0.1) is 0 Å². The molecular formula is C13H25NO3. The van der Waals surface area contributed by atoms with Crippen molar-refractivity contribution in [2.45, 2.75) is 58.0 Å². The van der Waals surface area contributed by atoms with Crippen molar-refractivity contribution in [3.63, 3.8) is 0 Å². The fourth-order valence-corrected chi connectivity index (χ4v) is 2.94. The van der Waals surface area contributed by atoms with E-state index in [1.165, 1.54) is 0 Å². The number of ether oxygens (including phenoxy) is 1. The van der Waals surface area contributed by atoms with Crippen LogP contribution in [0.25, 0.3) is 0 Å². The van der Waals surface area contributed by atoms with Gasteiger partial charge < -0.3 is 9.84 Å². The Kier molecular flexibility index (Phi) is 5.40. The van der Waals surface area contributed by atoms with Crippen molar-refractivity contribution >= 4 is 5.97 Å². The van der Waals surface area contributed by atoms with E-state index in [4.69, 9.17) is 4.74 Å². The normalized spacial score (nSPS) is 27.2. The lowest BCUT2D eigenvalue weighted by Crippen LogP contribution is -2.55. The van der Waals surface area contributed by atoms with E-state index < -0.39 is 11.5 Å². The van der Waals surface area contributed by atoms with Gasteiger partial charge in [0, 0.05) is 12.6 Å². The van der Waals surface area contributed by atoms with E-state index in [1.807, 2.05) is 13.8 Å². The summed E-state index contributed by atoms with van der Waals surface area (Å²) in [5, 5.41) is 9.56. The Morgan fingerprint density at radius 2 is 2.24 bits per heavy atom. The third kappa shape index (κ3) is 2.99. The first-order valence-electron chi connectivity index (χ1n) is 6.66. The van der Waals surface area contributed by atoms with Crippen LogP contribution in [-0.2, 0) is 9.53 Å². The number of hydrogen-bond acceptors (Lipinski definition) is 3. The van der Waals surface area contributed by atoms with Crippen molar-refractivity contribution < 1.29 is 14.6 Å². The van der Waals surface area contributed by atoms with E-state index in [-0.39, 0.29) is 6.04 Å². The van der Waals surface area contributed by atoms with Crippen molar-refractivity contribution in [2.24, 2.45) is 0 Å². The van der Waals surface area contributed by atoms with Crippen LogP contribution < -0.4 is 0 Å². The molecular weight excluding hydrogens is 218 g/mol. The first-order chi connectivity index (χ1) is 8.08. The molecule has 1 fully saturated rings. The highest BCUT2D eigenvalue weighted by molar-refractivity contribution is 5.79. The van der Waals surface area contributed by atoms with Gasteiger partial charge in [0.05, 0.1) is 6.61 Å². The molecule has 1 rings (SSSR count). The van der Waals surface area contributed by atoms with Crippen LogP contribution in [0.5, 0.6) is 0 Å². The second-order valence-corrected chi connectivity index (χ2v) is 4.89. The zero-order valence-corrected chi connectivity index (χ0v) is 11.2. The van der Waals surface area contributed by atoms with Gasteiger partial charge in [0.25, 0.3) is 0 Å². The largest absolute Gasteiger partial charge is 0.480 e. The molecule has 2 atom stereocenters. The smallest absolute Gasteiger partial charge is 0.324 e. The van der Waals surface area contributed by atoms with E-state index in [2.05, 4.69) is 11.8 Å². The van der Waals surface area contributed by atoms with Crippen LogP contribution in [0.1, 0.15) is 46.5 Å². The minimum Gasteiger partial charge on any atom is -0.480 e. The Morgan fingerprint density at radius 3 is 2.76 bits per heavy atom. The summed E-state index contributed by atoms with van der Waals surface area (Å²) < 4.78 is 5.42. The summed E-state index contributed by atoms with van der Waals surface area (Å²) in [5.74, 6) is -0.666. The lowest BCUT2D eigenvalue weighted by Gasteiger charge is -2.38. The minimum absolute atomic E-state index is 0.181. The summed E-state index contributed by atoms with van der Waals surface area (Å²) in [6.07, 6.45) is 3.39. The molecule has 17 heavy (non-hydrogen) atoms. The van der Waals surface area contributed by atoms with E-state index in [1.54, 1.807) is 0 Å². The van der Waals surface area contributed by atoms with Crippen LogP contribution in [0.3, 0.4) is 0 Å². The van der Waals surface area contributed by atoms with Gasteiger partial charge in [-0.05, 0) is 39.7 Å². The van der Waals surface area contributed by atoms with Crippen molar-refractivity contribution in [3.8, 4) is 0 Å². The van der Waals surface area contributed by atoms with Gasteiger partial charge in [0.2, 0.25) is 0 Å². The van der Waals surface area contributed by atoms with Crippen molar-refractivity contribution in [1.29, 1.82) is 0 Å². The maximum atomic E-state index is 11.6. The number of carboxylic acids is 1. The average Bonchev–Trinajstić information content (AvgIpc) is 2.71. The van der Waals surface area contributed by atoms with Crippen molar-refractivity contribution in [2.75, 3.05) is 19.8 Å². The molecule has 1 heterocycles. The highest BCUT2D eigenvalue weighted by atomic mass is 16.5. The minimum atomic E-state index is -0.666. The molecule has 0 bridgehead atoms. The number of aliphatic carboxylic acids is 1. The van der Waals surface area contributed by atoms with Gasteiger partial charge in [-0.2, -0.15) is 0 Å². The molecule has 0 spiro atoms. The Morgan fingerprint density at radius 1 is 1.53 bits per heavy atom. The molecule has 0 aromatic rings. The fourth-order valence-electron chi connectivity index (χ4n) is 2.94. The molecule has 1 aliphatic rings. The SMILES string of the molecule is CCCC1(C(=O)O)CCCN1C(C)COCC. The zero-order valence-electron chi connectivity index (χ0n) is 11.2. The molecule has 0 amide bonds.